The van der Waals surface area contributed by atoms with Crippen LogP contribution in [0.2, 0.25) is 0 Å². The monoisotopic (exact) mass is 392 g/mol. The highest BCUT2D eigenvalue weighted by molar-refractivity contribution is 7.73. The summed E-state index contributed by atoms with van der Waals surface area (Å²) >= 11 is 6.11. The average molecular weight is 393 g/mol. The summed E-state index contributed by atoms with van der Waals surface area (Å²) in [6.07, 6.45) is 0.424. The van der Waals surface area contributed by atoms with E-state index in [4.69, 9.17) is 12.2 Å². The van der Waals surface area contributed by atoms with Gasteiger partial charge >= 0.3 is 6.03 Å². The van der Waals surface area contributed by atoms with Crippen molar-refractivity contribution in [1.82, 2.24) is 25.7 Å². The van der Waals surface area contributed by atoms with Crippen LogP contribution in [0.15, 0.2) is 30.3 Å². The van der Waals surface area contributed by atoms with Gasteiger partial charge in [-0.1, -0.05) is 41.7 Å². The number of benzene rings is 1. The van der Waals surface area contributed by atoms with Gasteiger partial charge in [0.1, 0.15) is 6.04 Å². The van der Waals surface area contributed by atoms with E-state index in [1.165, 1.54) is 0 Å². The van der Waals surface area contributed by atoms with E-state index in [-0.39, 0.29) is 5.91 Å². The number of rotatable bonds is 5. The lowest BCUT2D eigenvalue weighted by Gasteiger charge is -2.31. The second kappa shape index (κ2) is 8.88. The van der Waals surface area contributed by atoms with Crippen LogP contribution in [0.5, 0.6) is 0 Å². The van der Waals surface area contributed by atoms with Crippen LogP contribution in [0.25, 0.3) is 0 Å². The first kappa shape index (κ1) is 18.5. The fraction of sp³-hybridized carbons (Fsp3) is 0.375. The molecule has 138 valence electrons. The van der Waals surface area contributed by atoms with Crippen LogP contribution < -0.4 is 16.0 Å². The molecule has 1 unspecified atom stereocenters. The van der Waals surface area contributed by atoms with E-state index in [9.17, 15) is 9.59 Å². The molecule has 0 spiro atoms. The number of nitrogens with zero attached hydrogens (tertiary/aromatic N) is 2. The molecule has 1 aromatic carbocycles. The van der Waals surface area contributed by atoms with E-state index in [1.54, 1.807) is 4.90 Å². The van der Waals surface area contributed by atoms with E-state index in [0.717, 1.165) is 30.0 Å². The Labute approximate surface area is 160 Å². The normalized spacial score (nSPS) is 15.3. The maximum absolute atomic E-state index is 12.9. The van der Waals surface area contributed by atoms with Gasteiger partial charge in [-0.15, -0.1) is 5.10 Å². The van der Waals surface area contributed by atoms with E-state index in [0.29, 0.717) is 28.6 Å². The first-order valence-corrected chi connectivity index (χ1v) is 9.51. The lowest BCUT2D eigenvalue weighted by Crippen LogP contribution is -2.55. The van der Waals surface area contributed by atoms with Gasteiger partial charge in [-0.2, -0.15) is 0 Å². The Kier molecular flexibility index (Phi) is 6.31. The summed E-state index contributed by atoms with van der Waals surface area (Å²) in [6, 6.07) is 8.50. The maximum Gasteiger partial charge on any atom is 0.321 e. The predicted molar refractivity (Wildman–Crippen MR) is 103 cm³/mol. The highest BCUT2D eigenvalue weighted by atomic mass is 32.1. The van der Waals surface area contributed by atoms with Crippen LogP contribution in [0.4, 0.5) is 9.93 Å². The molecule has 8 nitrogen and oxygen atoms in total. The molecule has 1 saturated heterocycles. The Hall–Kier alpha value is -2.30. The molecular formula is C16H20N6O2S2. The third-order valence-corrected chi connectivity index (χ3v) is 4.98. The van der Waals surface area contributed by atoms with Crippen LogP contribution in [0.1, 0.15) is 5.56 Å². The molecule has 1 fully saturated rings. The minimum absolute atomic E-state index is 0.0832. The van der Waals surface area contributed by atoms with Crippen LogP contribution >= 0.6 is 23.6 Å². The Morgan fingerprint density at radius 2 is 2.00 bits per heavy atom. The van der Waals surface area contributed by atoms with Crippen LogP contribution in [-0.2, 0) is 11.2 Å². The van der Waals surface area contributed by atoms with Crippen molar-refractivity contribution in [3.8, 4) is 0 Å². The van der Waals surface area contributed by atoms with Gasteiger partial charge in [0.2, 0.25) is 11.0 Å². The summed E-state index contributed by atoms with van der Waals surface area (Å²) in [5, 5.41) is 15.5. The van der Waals surface area contributed by atoms with Gasteiger partial charge in [0, 0.05) is 32.6 Å². The lowest BCUT2D eigenvalue weighted by molar-refractivity contribution is -0.133. The van der Waals surface area contributed by atoms with Crippen molar-refractivity contribution >= 4 is 40.6 Å². The number of hydrogen-bond donors (Lipinski definition) is 4. The third kappa shape index (κ3) is 5.10. The fourth-order valence-corrected chi connectivity index (χ4v) is 3.51. The van der Waals surface area contributed by atoms with Gasteiger partial charge < -0.3 is 15.5 Å². The number of urea groups is 1. The molecular weight excluding hydrogens is 372 g/mol. The Balaban J connectivity index is 1.69. The van der Waals surface area contributed by atoms with Crippen molar-refractivity contribution in [3.63, 3.8) is 0 Å². The number of amides is 3. The zero-order valence-corrected chi connectivity index (χ0v) is 15.7. The Morgan fingerprint density at radius 1 is 1.27 bits per heavy atom. The molecule has 10 heteroatoms. The third-order valence-electron chi connectivity index (χ3n) is 3.97. The van der Waals surface area contributed by atoms with E-state index in [1.807, 2.05) is 30.3 Å². The molecule has 3 amide bonds. The van der Waals surface area contributed by atoms with Gasteiger partial charge in [0.25, 0.3) is 0 Å². The van der Waals surface area contributed by atoms with Gasteiger partial charge in [-0.25, -0.2) is 4.79 Å². The first-order chi connectivity index (χ1) is 12.6. The lowest BCUT2D eigenvalue weighted by atomic mass is 10.0. The number of aromatic amines is 1. The van der Waals surface area contributed by atoms with Gasteiger partial charge in [-0.3, -0.25) is 15.2 Å². The number of anilines is 1. The molecule has 2 aromatic rings. The second-order valence-electron chi connectivity index (χ2n) is 5.83. The SMILES string of the molecule is O=C(Nc1n[nH]c(=S)s1)NC(Cc1ccccc1)C(=O)N1CCNCC1. The zero-order chi connectivity index (χ0) is 18.4. The minimum atomic E-state index is -0.651. The van der Waals surface area contributed by atoms with E-state index >= 15 is 0 Å². The number of piperazine rings is 1. The largest absolute Gasteiger partial charge is 0.338 e. The van der Waals surface area contributed by atoms with Crippen LogP contribution in [-0.4, -0.2) is 59.3 Å². The number of aromatic nitrogens is 2. The fourth-order valence-electron chi connectivity index (χ4n) is 2.73. The summed E-state index contributed by atoms with van der Waals surface area (Å²) < 4.78 is 0.470. The Morgan fingerprint density at radius 3 is 2.65 bits per heavy atom. The molecule has 2 heterocycles. The number of carbonyl (C=O) groups is 2. The molecule has 1 aliphatic rings. The molecule has 0 radical (unpaired) electrons. The quantitative estimate of drug-likeness (QED) is 0.576. The molecule has 3 rings (SSSR count). The molecule has 1 atom stereocenters. The zero-order valence-electron chi connectivity index (χ0n) is 14.0. The van der Waals surface area contributed by atoms with Crippen molar-refractivity contribution in [2.45, 2.75) is 12.5 Å². The van der Waals surface area contributed by atoms with Gasteiger partial charge in [-0.05, 0) is 17.8 Å². The minimum Gasteiger partial charge on any atom is -0.338 e. The molecule has 0 saturated carbocycles. The van der Waals surface area contributed by atoms with Crippen molar-refractivity contribution in [2.24, 2.45) is 0 Å². The molecule has 0 bridgehead atoms. The van der Waals surface area contributed by atoms with Crippen molar-refractivity contribution in [1.29, 1.82) is 0 Å². The van der Waals surface area contributed by atoms with Crippen molar-refractivity contribution in [3.05, 3.63) is 39.8 Å². The van der Waals surface area contributed by atoms with Crippen LogP contribution in [0.3, 0.4) is 0 Å². The summed E-state index contributed by atoms with van der Waals surface area (Å²) in [4.78, 5) is 27.0. The molecule has 0 aliphatic carbocycles. The first-order valence-electron chi connectivity index (χ1n) is 8.28. The number of H-pyrrole nitrogens is 1. The topological polar surface area (TPSA) is 102 Å². The summed E-state index contributed by atoms with van der Waals surface area (Å²) in [5.74, 6) is -0.0832. The van der Waals surface area contributed by atoms with E-state index in [2.05, 4.69) is 26.1 Å². The second-order valence-corrected chi connectivity index (χ2v) is 7.50. The van der Waals surface area contributed by atoms with Crippen LogP contribution in [0, 0.1) is 3.95 Å². The molecule has 26 heavy (non-hydrogen) atoms. The summed E-state index contributed by atoms with van der Waals surface area (Å²) in [6.45, 7) is 2.78. The molecule has 1 aromatic heterocycles. The summed E-state index contributed by atoms with van der Waals surface area (Å²) in [7, 11) is 0. The standard InChI is InChI=1S/C16H20N6O2S2/c23-13(22-8-6-17-7-9-22)12(10-11-4-2-1-3-5-11)18-14(24)19-15-20-21-16(25)26-15/h1-5,12,17H,6-10H2,(H,21,25)(H2,18,19,20,24). The highest BCUT2D eigenvalue weighted by Crippen LogP contribution is 2.11. The number of hydrogen-bond acceptors (Lipinski definition) is 6. The predicted octanol–water partition coefficient (Wildman–Crippen LogP) is 1.37. The van der Waals surface area contributed by atoms with Crippen molar-refractivity contribution < 1.29 is 9.59 Å². The number of carbonyl (C=O) groups excluding carboxylic acids is 2. The summed E-state index contributed by atoms with van der Waals surface area (Å²) in [5.41, 5.74) is 0.983. The van der Waals surface area contributed by atoms with Crippen molar-refractivity contribution in [2.75, 3.05) is 31.5 Å². The average Bonchev–Trinajstić information content (AvgIpc) is 3.06. The maximum atomic E-state index is 12.9. The van der Waals surface area contributed by atoms with Gasteiger partial charge in [0.05, 0.1) is 0 Å². The Bertz CT molecular complexity index is 800. The molecule has 1 aliphatic heterocycles. The van der Waals surface area contributed by atoms with Gasteiger partial charge in [0.15, 0.2) is 3.95 Å². The smallest absolute Gasteiger partial charge is 0.321 e. The molecule has 4 N–H and O–H groups in total. The highest BCUT2D eigenvalue weighted by Gasteiger charge is 2.27. The number of nitrogens with one attached hydrogen (secondary N) is 4. The van der Waals surface area contributed by atoms with E-state index < -0.39 is 12.1 Å².